The fourth-order valence-corrected chi connectivity index (χ4v) is 5.50. The van der Waals surface area contributed by atoms with Gasteiger partial charge in [-0.2, -0.15) is 0 Å². The summed E-state index contributed by atoms with van der Waals surface area (Å²) in [7, 11) is 0. The predicted molar refractivity (Wildman–Crippen MR) is 190 cm³/mol. The monoisotopic (exact) mass is 570 g/mol. The van der Waals surface area contributed by atoms with E-state index in [0.29, 0.717) is 5.92 Å². The Bertz CT molecular complexity index is 1740. The second-order valence-corrected chi connectivity index (χ2v) is 11.1. The second kappa shape index (κ2) is 13.8. The fourth-order valence-electron chi connectivity index (χ4n) is 5.50. The Balaban J connectivity index is 1.33. The van der Waals surface area contributed by atoms with Gasteiger partial charge in [0.15, 0.2) is 0 Å². The maximum atomic E-state index is 2.32. The van der Waals surface area contributed by atoms with Crippen LogP contribution in [0.2, 0.25) is 0 Å². The highest BCUT2D eigenvalue weighted by atomic mass is 15.2. The lowest BCUT2D eigenvalue weighted by Gasteiger charge is -2.29. The number of para-hydroxylation sites is 3. The van der Waals surface area contributed by atoms with E-state index < -0.39 is 0 Å². The van der Waals surface area contributed by atoms with Gasteiger partial charge < -0.3 is 9.80 Å². The zero-order chi connectivity index (χ0) is 30.1. The summed E-state index contributed by atoms with van der Waals surface area (Å²) in [5.41, 5.74) is 10.4. The number of hydrogen-bond acceptors (Lipinski definition) is 2. The van der Waals surface area contributed by atoms with E-state index in [1.54, 1.807) is 0 Å². The van der Waals surface area contributed by atoms with Crippen LogP contribution in [0.25, 0.3) is 12.2 Å². The molecular weight excluding hydrogens is 532 g/mol. The summed E-state index contributed by atoms with van der Waals surface area (Å²) in [6, 6.07) is 58.1. The van der Waals surface area contributed by atoms with E-state index in [4.69, 9.17) is 0 Å². The van der Waals surface area contributed by atoms with Crippen LogP contribution in [0.4, 0.5) is 34.1 Å². The lowest BCUT2D eigenvalue weighted by atomic mass is 9.97. The molecule has 0 spiro atoms. The van der Waals surface area contributed by atoms with Gasteiger partial charge in [0.25, 0.3) is 0 Å². The van der Waals surface area contributed by atoms with Gasteiger partial charge in [-0.1, -0.05) is 123 Å². The topological polar surface area (TPSA) is 6.48 Å². The van der Waals surface area contributed by atoms with Crippen LogP contribution in [-0.2, 0) is 0 Å². The largest absolute Gasteiger partial charge is 0.310 e. The Labute approximate surface area is 262 Å². The van der Waals surface area contributed by atoms with Gasteiger partial charge in [0.2, 0.25) is 0 Å². The van der Waals surface area contributed by atoms with Gasteiger partial charge in [-0.3, -0.25) is 0 Å². The van der Waals surface area contributed by atoms with Crippen molar-refractivity contribution in [3.8, 4) is 0 Å². The first-order valence-corrected chi connectivity index (χ1v) is 15.4. The maximum absolute atomic E-state index is 2.32. The van der Waals surface area contributed by atoms with Crippen molar-refractivity contribution < 1.29 is 0 Å². The summed E-state index contributed by atoms with van der Waals surface area (Å²) in [5, 5.41) is 0. The predicted octanol–water partition coefficient (Wildman–Crippen LogP) is 12.3. The average molecular weight is 571 g/mol. The molecule has 0 aromatic heterocycles. The van der Waals surface area contributed by atoms with E-state index in [2.05, 4.69) is 200 Å². The minimum atomic E-state index is 0.591. The molecule has 2 heteroatoms. The van der Waals surface area contributed by atoms with Crippen LogP contribution in [-0.4, -0.2) is 0 Å². The SMILES string of the molecule is CCC(C)c1ccc(C=Cc2ccc(N(c3ccccc3)c3cccc(N(c4ccccc4)c4ccccc4)c3)cc2)cc1. The minimum absolute atomic E-state index is 0.591. The molecule has 1 unspecified atom stereocenters. The van der Waals surface area contributed by atoms with E-state index in [-0.39, 0.29) is 0 Å². The van der Waals surface area contributed by atoms with Crippen LogP contribution in [0.3, 0.4) is 0 Å². The van der Waals surface area contributed by atoms with E-state index in [9.17, 15) is 0 Å². The third-order valence-electron chi connectivity index (χ3n) is 8.13. The molecule has 0 N–H and O–H groups in total. The van der Waals surface area contributed by atoms with Crippen LogP contribution < -0.4 is 9.80 Å². The molecule has 0 amide bonds. The Morgan fingerprint density at radius 3 is 1.20 bits per heavy atom. The summed E-state index contributed by atoms with van der Waals surface area (Å²) in [5.74, 6) is 0.591. The second-order valence-electron chi connectivity index (χ2n) is 11.1. The molecule has 0 saturated carbocycles. The Morgan fingerprint density at radius 1 is 0.432 bits per heavy atom. The van der Waals surface area contributed by atoms with Crippen molar-refractivity contribution in [1.82, 2.24) is 0 Å². The molecule has 6 aromatic carbocycles. The molecule has 1 atom stereocenters. The number of anilines is 6. The summed E-state index contributed by atoms with van der Waals surface area (Å²) in [6.07, 6.45) is 5.53. The molecule has 2 nitrogen and oxygen atoms in total. The van der Waals surface area contributed by atoms with Gasteiger partial charge in [0, 0.05) is 34.1 Å². The van der Waals surface area contributed by atoms with E-state index in [0.717, 1.165) is 40.5 Å². The molecule has 6 rings (SSSR count). The summed E-state index contributed by atoms with van der Waals surface area (Å²) in [4.78, 5) is 4.62. The highest BCUT2D eigenvalue weighted by Crippen LogP contribution is 2.40. The molecule has 216 valence electrons. The number of rotatable bonds is 10. The summed E-state index contributed by atoms with van der Waals surface area (Å²) in [6.45, 7) is 4.52. The van der Waals surface area contributed by atoms with Crippen molar-refractivity contribution in [3.63, 3.8) is 0 Å². The maximum Gasteiger partial charge on any atom is 0.0482 e. The highest BCUT2D eigenvalue weighted by molar-refractivity contribution is 5.83. The van der Waals surface area contributed by atoms with Crippen molar-refractivity contribution in [1.29, 1.82) is 0 Å². The van der Waals surface area contributed by atoms with Gasteiger partial charge in [0.1, 0.15) is 0 Å². The zero-order valence-corrected chi connectivity index (χ0v) is 25.4. The molecular formula is C42H38N2. The third kappa shape index (κ3) is 6.66. The molecule has 0 aliphatic rings. The molecule has 0 aliphatic heterocycles. The van der Waals surface area contributed by atoms with Gasteiger partial charge in [-0.25, -0.2) is 0 Å². The summed E-state index contributed by atoms with van der Waals surface area (Å²) >= 11 is 0. The number of benzene rings is 6. The van der Waals surface area contributed by atoms with Crippen molar-refractivity contribution in [2.24, 2.45) is 0 Å². The third-order valence-corrected chi connectivity index (χ3v) is 8.13. The van der Waals surface area contributed by atoms with Gasteiger partial charge >= 0.3 is 0 Å². The molecule has 6 aromatic rings. The lowest BCUT2D eigenvalue weighted by molar-refractivity contribution is 0.733. The van der Waals surface area contributed by atoms with Crippen molar-refractivity contribution in [3.05, 3.63) is 180 Å². The van der Waals surface area contributed by atoms with Crippen LogP contribution in [0, 0.1) is 0 Å². The van der Waals surface area contributed by atoms with E-state index in [1.165, 1.54) is 16.7 Å². The van der Waals surface area contributed by atoms with Crippen LogP contribution in [0.1, 0.15) is 42.9 Å². The lowest BCUT2D eigenvalue weighted by Crippen LogP contribution is -2.13. The van der Waals surface area contributed by atoms with Crippen molar-refractivity contribution in [2.45, 2.75) is 26.2 Å². The normalized spacial score (nSPS) is 11.8. The first kappa shape index (κ1) is 28.8. The van der Waals surface area contributed by atoms with Crippen molar-refractivity contribution >= 4 is 46.3 Å². The molecule has 0 aliphatic carbocycles. The van der Waals surface area contributed by atoms with E-state index >= 15 is 0 Å². The van der Waals surface area contributed by atoms with Crippen molar-refractivity contribution in [2.75, 3.05) is 9.80 Å². The quantitative estimate of drug-likeness (QED) is 0.151. The van der Waals surface area contributed by atoms with E-state index in [1.807, 2.05) is 0 Å². The van der Waals surface area contributed by atoms with Crippen LogP contribution in [0.5, 0.6) is 0 Å². The molecule has 44 heavy (non-hydrogen) atoms. The Hall–Kier alpha value is -5.34. The summed E-state index contributed by atoms with van der Waals surface area (Å²) < 4.78 is 0. The standard InChI is InChI=1S/C42H38N2/c1-3-33(2)36-28-24-34(25-29-36)22-23-35-26-30-40(31-27-35)44(39-18-11-6-12-19-39)42-21-13-20-41(32-42)43(37-14-7-4-8-15-37)38-16-9-5-10-17-38/h4-33H,3H2,1-2H3. The van der Waals surface area contributed by atoms with Crippen LogP contribution in [0.15, 0.2) is 164 Å². The number of nitrogens with zero attached hydrogens (tertiary/aromatic N) is 2. The van der Waals surface area contributed by atoms with Gasteiger partial charge in [-0.05, 0) is 95.8 Å². The molecule has 0 saturated heterocycles. The van der Waals surface area contributed by atoms with Crippen LogP contribution >= 0.6 is 0 Å². The highest BCUT2D eigenvalue weighted by Gasteiger charge is 2.16. The smallest absolute Gasteiger partial charge is 0.0482 e. The molecule has 0 radical (unpaired) electrons. The first-order chi connectivity index (χ1) is 21.7. The molecule has 0 fully saturated rings. The fraction of sp³-hybridized carbons (Fsp3) is 0.0952. The Morgan fingerprint density at radius 2 is 0.795 bits per heavy atom. The number of hydrogen-bond donors (Lipinski definition) is 0. The van der Waals surface area contributed by atoms with Gasteiger partial charge in [0.05, 0.1) is 0 Å². The molecule has 0 bridgehead atoms. The zero-order valence-electron chi connectivity index (χ0n) is 25.4. The van der Waals surface area contributed by atoms with Gasteiger partial charge in [-0.15, -0.1) is 0 Å². The first-order valence-electron chi connectivity index (χ1n) is 15.4. The minimum Gasteiger partial charge on any atom is -0.310 e. The average Bonchev–Trinajstić information content (AvgIpc) is 3.10. The molecule has 0 heterocycles. The Kier molecular flexibility index (Phi) is 8.99.